The predicted molar refractivity (Wildman–Crippen MR) is 63.0 cm³/mol. The normalized spacial score (nSPS) is 10.9. The molecular formula is C10H19N5. The van der Waals surface area contributed by atoms with Gasteiger partial charge in [0.1, 0.15) is 17.5 Å². The summed E-state index contributed by atoms with van der Waals surface area (Å²) in [7, 11) is 5.71. The first-order chi connectivity index (χ1) is 7.02. The Balaban J connectivity index is 3.00. The Morgan fingerprint density at radius 3 is 2.27 bits per heavy atom. The Labute approximate surface area is 90.9 Å². The molecule has 0 aliphatic carbocycles. The van der Waals surface area contributed by atoms with E-state index in [1.54, 1.807) is 0 Å². The third-order valence-electron chi connectivity index (χ3n) is 1.85. The topological polar surface area (TPSA) is 53.1 Å². The van der Waals surface area contributed by atoms with E-state index in [-0.39, 0.29) is 0 Å². The smallest absolute Gasteiger partial charge is 0.146 e. The number of hydrogen-bond acceptors (Lipinski definition) is 5. The number of nitrogens with zero attached hydrogens (tertiary/aromatic N) is 3. The molecule has 0 radical (unpaired) electrons. The highest BCUT2D eigenvalue weighted by Crippen LogP contribution is 2.16. The first kappa shape index (κ1) is 11.7. The van der Waals surface area contributed by atoms with Crippen molar-refractivity contribution in [3.63, 3.8) is 0 Å². The van der Waals surface area contributed by atoms with Crippen LogP contribution in [-0.4, -0.2) is 36.1 Å². The van der Waals surface area contributed by atoms with E-state index in [1.807, 2.05) is 32.2 Å². The lowest BCUT2D eigenvalue weighted by Crippen LogP contribution is -2.21. The van der Waals surface area contributed by atoms with Crippen molar-refractivity contribution in [2.24, 2.45) is 0 Å². The van der Waals surface area contributed by atoms with Crippen LogP contribution in [0.25, 0.3) is 0 Å². The second kappa shape index (κ2) is 4.93. The van der Waals surface area contributed by atoms with Gasteiger partial charge in [0.05, 0.1) is 0 Å². The van der Waals surface area contributed by atoms with E-state index in [0.717, 1.165) is 17.5 Å². The van der Waals surface area contributed by atoms with E-state index in [4.69, 9.17) is 0 Å². The molecule has 0 atom stereocenters. The van der Waals surface area contributed by atoms with Crippen LogP contribution in [0.5, 0.6) is 0 Å². The fourth-order valence-corrected chi connectivity index (χ4v) is 1.14. The minimum absolute atomic E-state index is 0.320. The molecule has 2 N–H and O–H groups in total. The van der Waals surface area contributed by atoms with Crippen LogP contribution < -0.4 is 10.7 Å². The number of rotatable bonds is 4. The summed E-state index contributed by atoms with van der Waals surface area (Å²) >= 11 is 0. The van der Waals surface area contributed by atoms with Gasteiger partial charge in [-0.25, -0.2) is 15.0 Å². The Morgan fingerprint density at radius 1 is 1.20 bits per heavy atom. The zero-order valence-corrected chi connectivity index (χ0v) is 10.00. The maximum atomic E-state index is 4.42. The largest absolute Gasteiger partial charge is 0.373 e. The zero-order valence-electron chi connectivity index (χ0n) is 10.00. The molecule has 0 saturated heterocycles. The van der Waals surface area contributed by atoms with Crippen molar-refractivity contribution < 1.29 is 0 Å². The molecule has 1 aromatic rings. The molecule has 1 aromatic heterocycles. The van der Waals surface area contributed by atoms with Crippen molar-refractivity contribution in [2.45, 2.75) is 19.8 Å². The molecule has 5 heteroatoms. The first-order valence-corrected chi connectivity index (χ1v) is 5.03. The number of hydrogen-bond donors (Lipinski definition) is 2. The highest BCUT2D eigenvalue weighted by atomic mass is 15.5. The second-order valence-corrected chi connectivity index (χ2v) is 3.91. The van der Waals surface area contributed by atoms with Gasteiger partial charge in [-0.3, -0.25) is 0 Å². The molecule has 1 rings (SSSR count). The van der Waals surface area contributed by atoms with Crippen LogP contribution in [-0.2, 0) is 0 Å². The zero-order chi connectivity index (χ0) is 11.4. The van der Waals surface area contributed by atoms with E-state index < -0.39 is 0 Å². The van der Waals surface area contributed by atoms with Crippen LogP contribution in [0.4, 0.5) is 11.6 Å². The van der Waals surface area contributed by atoms with Crippen molar-refractivity contribution in [3.05, 3.63) is 11.9 Å². The minimum Gasteiger partial charge on any atom is -0.373 e. The monoisotopic (exact) mass is 209 g/mol. The summed E-state index contributed by atoms with van der Waals surface area (Å²) in [5, 5.41) is 4.88. The SMILES string of the molecule is CNc1cc(NN(C)C)nc(C(C)C)n1. The molecule has 0 unspecified atom stereocenters. The summed E-state index contributed by atoms with van der Waals surface area (Å²) in [6, 6.07) is 1.88. The van der Waals surface area contributed by atoms with Gasteiger partial charge >= 0.3 is 0 Å². The highest BCUT2D eigenvalue weighted by Gasteiger charge is 2.07. The fourth-order valence-electron chi connectivity index (χ4n) is 1.14. The quantitative estimate of drug-likeness (QED) is 0.736. The van der Waals surface area contributed by atoms with Gasteiger partial charge in [-0.2, -0.15) is 0 Å². The van der Waals surface area contributed by atoms with E-state index in [2.05, 4.69) is 34.6 Å². The van der Waals surface area contributed by atoms with Crippen molar-refractivity contribution in [3.8, 4) is 0 Å². The molecule has 15 heavy (non-hydrogen) atoms. The molecule has 0 aliphatic rings. The van der Waals surface area contributed by atoms with Crippen molar-refractivity contribution >= 4 is 11.6 Å². The molecule has 5 nitrogen and oxygen atoms in total. The lowest BCUT2D eigenvalue weighted by molar-refractivity contribution is 0.491. The molecule has 0 aromatic carbocycles. The highest BCUT2D eigenvalue weighted by molar-refractivity contribution is 5.46. The van der Waals surface area contributed by atoms with Crippen molar-refractivity contribution in [1.29, 1.82) is 0 Å². The van der Waals surface area contributed by atoms with Crippen molar-refractivity contribution in [2.75, 3.05) is 31.9 Å². The second-order valence-electron chi connectivity index (χ2n) is 3.91. The van der Waals surface area contributed by atoms with Crippen molar-refractivity contribution in [1.82, 2.24) is 15.0 Å². The lowest BCUT2D eigenvalue weighted by atomic mass is 10.2. The summed E-state index contributed by atoms with van der Waals surface area (Å²) in [5.74, 6) is 2.80. The molecule has 84 valence electrons. The van der Waals surface area contributed by atoms with Crippen LogP contribution in [0.15, 0.2) is 6.07 Å². The predicted octanol–water partition coefficient (Wildman–Crippen LogP) is 1.53. The van der Waals surface area contributed by atoms with Gasteiger partial charge in [0.2, 0.25) is 0 Å². The maximum absolute atomic E-state index is 4.42. The molecular weight excluding hydrogens is 190 g/mol. The van der Waals surface area contributed by atoms with Gasteiger partial charge < -0.3 is 10.7 Å². The van der Waals surface area contributed by atoms with Gasteiger partial charge in [0.25, 0.3) is 0 Å². The average molecular weight is 209 g/mol. The maximum Gasteiger partial charge on any atom is 0.146 e. The van der Waals surface area contributed by atoms with Gasteiger partial charge in [-0.15, -0.1) is 0 Å². The Bertz CT molecular complexity index is 322. The molecule has 0 spiro atoms. The van der Waals surface area contributed by atoms with Gasteiger partial charge in [0.15, 0.2) is 0 Å². The van der Waals surface area contributed by atoms with Gasteiger partial charge in [0, 0.05) is 33.1 Å². The number of nitrogens with one attached hydrogen (secondary N) is 2. The first-order valence-electron chi connectivity index (χ1n) is 5.03. The lowest BCUT2D eigenvalue weighted by Gasteiger charge is -2.15. The number of hydrazine groups is 1. The van der Waals surface area contributed by atoms with Crippen LogP contribution in [0.2, 0.25) is 0 Å². The summed E-state index contributed by atoms with van der Waals surface area (Å²) < 4.78 is 0. The van der Waals surface area contributed by atoms with E-state index in [9.17, 15) is 0 Å². The van der Waals surface area contributed by atoms with E-state index >= 15 is 0 Å². The van der Waals surface area contributed by atoms with Crippen LogP contribution in [0, 0.1) is 0 Å². The van der Waals surface area contributed by atoms with Crippen LogP contribution in [0.1, 0.15) is 25.6 Å². The molecule has 0 fully saturated rings. The average Bonchev–Trinajstić information content (AvgIpc) is 2.16. The van der Waals surface area contributed by atoms with Gasteiger partial charge in [-0.05, 0) is 0 Å². The molecule has 0 aliphatic heterocycles. The molecule has 1 heterocycles. The Hall–Kier alpha value is -1.36. The number of anilines is 2. The molecule has 0 amide bonds. The third kappa shape index (κ3) is 3.36. The fraction of sp³-hybridized carbons (Fsp3) is 0.600. The number of aromatic nitrogens is 2. The molecule has 0 bridgehead atoms. The summed E-state index contributed by atoms with van der Waals surface area (Å²) in [5.41, 5.74) is 3.12. The summed E-state index contributed by atoms with van der Waals surface area (Å²) in [6.07, 6.45) is 0. The van der Waals surface area contributed by atoms with Crippen LogP contribution >= 0.6 is 0 Å². The third-order valence-corrected chi connectivity index (χ3v) is 1.85. The molecule has 0 saturated carbocycles. The van der Waals surface area contributed by atoms with E-state index in [0.29, 0.717) is 5.92 Å². The summed E-state index contributed by atoms with van der Waals surface area (Å²) in [4.78, 5) is 8.80. The summed E-state index contributed by atoms with van der Waals surface area (Å²) in [6.45, 7) is 4.16. The Kier molecular flexibility index (Phi) is 3.85. The van der Waals surface area contributed by atoms with Crippen LogP contribution in [0.3, 0.4) is 0 Å². The minimum atomic E-state index is 0.320. The van der Waals surface area contributed by atoms with E-state index in [1.165, 1.54) is 0 Å². The van der Waals surface area contributed by atoms with Gasteiger partial charge in [-0.1, -0.05) is 13.8 Å². The standard InChI is InChI=1S/C10H19N5/c1-7(2)10-12-8(11-3)6-9(13-10)14-15(4)5/h6-7H,1-5H3,(H2,11,12,13,14). The Morgan fingerprint density at radius 2 is 1.80 bits per heavy atom.